The molecule has 3 heterocycles. The van der Waals surface area contributed by atoms with E-state index in [2.05, 4.69) is 5.32 Å². The number of carbonyl (C=O) groups excluding carboxylic acids is 3. The molecule has 166 valence electrons. The Labute approximate surface area is 181 Å². The summed E-state index contributed by atoms with van der Waals surface area (Å²) in [6.07, 6.45) is 2.58. The van der Waals surface area contributed by atoms with Crippen molar-refractivity contribution in [3.05, 3.63) is 35.4 Å². The number of nitrogens with one attached hydrogen (secondary N) is 1. The van der Waals surface area contributed by atoms with Gasteiger partial charge in [-0.05, 0) is 25.3 Å². The summed E-state index contributed by atoms with van der Waals surface area (Å²) in [5, 5.41) is 2.94. The molecule has 1 unspecified atom stereocenters. The fourth-order valence-electron chi connectivity index (χ4n) is 5.33. The van der Waals surface area contributed by atoms with Crippen molar-refractivity contribution in [2.24, 2.45) is 5.92 Å². The maximum atomic E-state index is 13.2. The van der Waals surface area contributed by atoms with Gasteiger partial charge in [0.15, 0.2) is 5.79 Å². The number of amides is 4. The Morgan fingerprint density at radius 1 is 1.03 bits per heavy atom. The van der Waals surface area contributed by atoms with Crippen molar-refractivity contribution in [3.8, 4) is 0 Å². The number of hydrogen-bond acceptors (Lipinski definition) is 5. The molecular weight excluding hydrogens is 398 g/mol. The van der Waals surface area contributed by atoms with Gasteiger partial charge < -0.3 is 19.7 Å². The van der Waals surface area contributed by atoms with E-state index < -0.39 is 11.3 Å². The summed E-state index contributed by atoms with van der Waals surface area (Å²) in [5.41, 5.74) is 1.41. The highest BCUT2D eigenvalue weighted by Crippen LogP contribution is 2.43. The van der Waals surface area contributed by atoms with Gasteiger partial charge in [0.05, 0.1) is 13.2 Å². The van der Waals surface area contributed by atoms with Crippen LogP contribution in [-0.2, 0) is 25.6 Å². The number of rotatable bonds is 4. The second-order valence-corrected chi connectivity index (χ2v) is 9.37. The highest BCUT2D eigenvalue weighted by molar-refractivity contribution is 6.07. The van der Waals surface area contributed by atoms with Gasteiger partial charge in [-0.15, -0.1) is 0 Å². The zero-order valence-corrected chi connectivity index (χ0v) is 17.9. The van der Waals surface area contributed by atoms with E-state index in [4.69, 9.17) is 9.47 Å². The van der Waals surface area contributed by atoms with Gasteiger partial charge >= 0.3 is 6.03 Å². The minimum atomic E-state index is -0.859. The van der Waals surface area contributed by atoms with Crippen LogP contribution in [0.25, 0.3) is 0 Å². The quantitative estimate of drug-likeness (QED) is 0.742. The average molecular weight is 428 g/mol. The van der Waals surface area contributed by atoms with Crippen LogP contribution in [0.4, 0.5) is 4.79 Å². The maximum absolute atomic E-state index is 13.2. The first-order valence-corrected chi connectivity index (χ1v) is 11.1. The lowest BCUT2D eigenvalue weighted by atomic mass is 9.78. The predicted octanol–water partition coefficient (Wildman–Crippen LogP) is 1.95. The topological polar surface area (TPSA) is 88.2 Å². The van der Waals surface area contributed by atoms with Gasteiger partial charge in [-0.1, -0.05) is 29.8 Å². The van der Waals surface area contributed by atoms with E-state index in [0.717, 1.165) is 5.56 Å². The number of nitrogens with zero attached hydrogens (tertiary/aromatic N) is 2. The van der Waals surface area contributed by atoms with Crippen LogP contribution in [0.15, 0.2) is 24.3 Å². The number of ether oxygens (including phenoxy) is 2. The molecule has 0 bridgehead atoms. The fourth-order valence-corrected chi connectivity index (χ4v) is 5.33. The molecule has 1 aliphatic carbocycles. The third-order valence-corrected chi connectivity index (χ3v) is 7.15. The minimum absolute atomic E-state index is 0.0424. The standard InChI is InChI=1S/C23H29N3O5/c1-16-2-4-17(5-3-16)13-25-14-18(12-19(25)27)15-26-20(28)22(24-21(26)29)6-8-23(9-7-22)30-10-11-31-23/h2-5,18H,6-15H2,1H3,(H,24,29). The van der Waals surface area contributed by atoms with Crippen molar-refractivity contribution >= 4 is 17.8 Å². The summed E-state index contributed by atoms with van der Waals surface area (Å²) in [7, 11) is 0. The number of imide groups is 1. The van der Waals surface area contributed by atoms with Crippen LogP contribution in [0, 0.1) is 12.8 Å². The monoisotopic (exact) mass is 427 g/mol. The van der Waals surface area contributed by atoms with Crippen LogP contribution < -0.4 is 5.32 Å². The second kappa shape index (κ2) is 7.60. The van der Waals surface area contributed by atoms with Crippen molar-refractivity contribution in [1.29, 1.82) is 0 Å². The first-order chi connectivity index (χ1) is 14.9. The van der Waals surface area contributed by atoms with Crippen molar-refractivity contribution in [2.75, 3.05) is 26.3 Å². The van der Waals surface area contributed by atoms with Crippen LogP contribution in [0.1, 0.15) is 43.2 Å². The first-order valence-electron chi connectivity index (χ1n) is 11.1. The van der Waals surface area contributed by atoms with Gasteiger partial charge in [-0.2, -0.15) is 0 Å². The van der Waals surface area contributed by atoms with Crippen molar-refractivity contribution < 1.29 is 23.9 Å². The van der Waals surface area contributed by atoms with E-state index in [1.54, 1.807) is 0 Å². The van der Waals surface area contributed by atoms with Crippen molar-refractivity contribution in [3.63, 3.8) is 0 Å². The minimum Gasteiger partial charge on any atom is -0.348 e. The van der Waals surface area contributed by atoms with Crippen molar-refractivity contribution in [1.82, 2.24) is 15.1 Å². The molecule has 3 saturated heterocycles. The Morgan fingerprint density at radius 3 is 2.39 bits per heavy atom. The summed E-state index contributed by atoms with van der Waals surface area (Å²) >= 11 is 0. The summed E-state index contributed by atoms with van der Waals surface area (Å²) in [4.78, 5) is 41.6. The molecule has 8 heteroatoms. The van der Waals surface area contributed by atoms with Crippen LogP contribution in [0.2, 0.25) is 0 Å². The average Bonchev–Trinajstić information content (AvgIpc) is 3.41. The van der Waals surface area contributed by atoms with Crippen LogP contribution in [0.5, 0.6) is 0 Å². The Bertz CT molecular complexity index is 883. The lowest BCUT2D eigenvalue weighted by Crippen LogP contribution is -2.53. The smallest absolute Gasteiger partial charge is 0.325 e. The molecular formula is C23H29N3O5. The summed E-state index contributed by atoms with van der Waals surface area (Å²) < 4.78 is 11.5. The molecule has 1 aromatic rings. The molecule has 2 spiro atoms. The molecule has 4 amide bonds. The van der Waals surface area contributed by atoms with Gasteiger partial charge in [0.25, 0.3) is 5.91 Å². The van der Waals surface area contributed by atoms with E-state index in [1.165, 1.54) is 10.5 Å². The maximum Gasteiger partial charge on any atom is 0.325 e. The number of urea groups is 1. The Balaban J connectivity index is 1.20. The van der Waals surface area contributed by atoms with Gasteiger partial charge in [-0.3, -0.25) is 14.5 Å². The molecule has 31 heavy (non-hydrogen) atoms. The fraction of sp³-hybridized carbons (Fsp3) is 0.609. The van der Waals surface area contributed by atoms with Crippen LogP contribution in [0.3, 0.4) is 0 Å². The lowest BCUT2D eigenvalue weighted by molar-refractivity contribution is -0.186. The summed E-state index contributed by atoms with van der Waals surface area (Å²) in [5.74, 6) is -0.727. The van der Waals surface area contributed by atoms with Gasteiger partial charge in [0.2, 0.25) is 5.91 Å². The summed E-state index contributed by atoms with van der Waals surface area (Å²) in [6.45, 7) is 4.58. The van der Waals surface area contributed by atoms with E-state index in [1.807, 2.05) is 36.1 Å². The highest BCUT2D eigenvalue weighted by atomic mass is 16.7. The molecule has 1 saturated carbocycles. The number of carbonyl (C=O) groups is 3. The Kier molecular flexibility index (Phi) is 5.01. The van der Waals surface area contributed by atoms with Crippen molar-refractivity contribution in [2.45, 2.75) is 56.9 Å². The van der Waals surface area contributed by atoms with E-state index in [0.29, 0.717) is 58.4 Å². The van der Waals surface area contributed by atoms with Gasteiger partial charge in [-0.25, -0.2) is 4.79 Å². The third kappa shape index (κ3) is 3.72. The molecule has 1 aromatic carbocycles. The lowest BCUT2D eigenvalue weighted by Gasteiger charge is -2.39. The largest absolute Gasteiger partial charge is 0.348 e. The molecule has 3 aliphatic heterocycles. The molecule has 1 atom stereocenters. The zero-order chi connectivity index (χ0) is 21.6. The zero-order valence-electron chi connectivity index (χ0n) is 17.9. The summed E-state index contributed by atoms with van der Waals surface area (Å²) in [6, 6.07) is 7.79. The molecule has 8 nitrogen and oxygen atoms in total. The SMILES string of the molecule is Cc1ccc(CN2CC(CN3C(=O)NC4(CCC5(CC4)OCCO5)C3=O)CC2=O)cc1. The molecule has 5 rings (SSSR count). The van der Waals surface area contributed by atoms with E-state index in [-0.39, 0.29) is 30.3 Å². The molecule has 0 aromatic heterocycles. The highest BCUT2D eigenvalue weighted by Gasteiger charge is 2.56. The first kappa shape index (κ1) is 20.5. The molecule has 0 radical (unpaired) electrons. The third-order valence-electron chi connectivity index (χ3n) is 7.15. The normalized spacial score (nSPS) is 27.0. The van der Waals surface area contributed by atoms with Gasteiger partial charge in [0, 0.05) is 44.8 Å². The van der Waals surface area contributed by atoms with E-state index >= 15 is 0 Å². The number of likely N-dealkylation sites (tertiary alicyclic amines) is 1. The van der Waals surface area contributed by atoms with Crippen LogP contribution in [-0.4, -0.2) is 65.3 Å². The molecule has 4 aliphatic rings. The number of hydrogen-bond donors (Lipinski definition) is 1. The Hall–Kier alpha value is -2.45. The molecule has 4 fully saturated rings. The van der Waals surface area contributed by atoms with E-state index in [9.17, 15) is 14.4 Å². The number of benzene rings is 1. The molecule has 1 N–H and O–H groups in total. The van der Waals surface area contributed by atoms with Crippen LogP contribution >= 0.6 is 0 Å². The van der Waals surface area contributed by atoms with Gasteiger partial charge in [0.1, 0.15) is 5.54 Å². The predicted molar refractivity (Wildman–Crippen MR) is 111 cm³/mol. The Morgan fingerprint density at radius 2 is 1.71 bits per heavy atom. The number of aryl methyl sites for hydroxylation is 1. The second-order valence-electron chi connectivity index (χ2n) is 9.37.